The van der Waals surface area contributed by atoms with E-state index in [1.165, 1.54) is 66.1 Å². The Morgan fingerprint density at radius 3 is 1.41 bits per heavy atom. The van der Waals surface area contributed by atoms with Crippen molar-refractivity contribution in [2.45, 2.75) is 0 Å². The van der Waals surface area contributed by atoms with Crippen LogP contribution in [0.25, 0.3) is 66.1 Å². The molecule has 1 nitrogen and oxygen atoms in total. The topological polar surface area (TPSA) is 3.24 Å². The van der Waals surface area contributed by atoms with Gasteiger partial charge in [0, 0.05) is 16.8 Å². The first-order valence-corrected chi connectivity index (χ1v) is 17.5. The van der Waals surface area contributed by atoms with E-state index in [2.05, 4.69) is 217 Å². The number of para-hydroxylation sites is 2. The van der Waals surface area contributed by atoms with Gasteiger partial charge >= 0.3 is 0 Å². The highest BCUT2D eigenvalue weighted by Crippen LogP contribution is 2.47. The highest BCUT2D eigenvalue weighted by Gasteiger charge is 2.22. The van der Waals surface area contributed by atoms with E-state index in [1.807, 2.05) is 0 Å². The van der Waals surface area contributed by atoms with Crippen LogP contribution in [-0.4, -0.2) is 0 Å². The molecule has 1 heteroatoms. The van der Waals surface area contributed by atoms with E-state index in [1.54, 1.807) is 0 Å². The Morgan fingerprint density at radius 1 is 0.255 bits per heavy atom. The van der Waals surface area contributed by atoms with Crippen LogP contribution in [0.2, 0.25) is 0 Å². The minimum Gasteiger partial charge on any atom is -0.309 e. The molecular formula is C50H35N. The van der Waals surface area contributed by atoms with Gasteiger partial charge in [0.05, 0.1) is 11.4 Å². The van der Waals surface area contributed by atoms with Gasteiger partial charge in [0.15, 0.2) is 0 Å². The van der Waals surface area contributed by atoms with Crippen molar-refractivity contribution >= 4 is 38.6 Å². The molecule has 9 aromatic rings. The van der Waals surface area contributed by atoms with Gasteiger partial charge in [-0.25, -0.2) is 0 Å². The number of anilines is 3. The smallest absolute Gasteiger partial charge is 0.0540 e. The zero-order chi connectivity index (χ0) is 34.0. The van der Waals surface area contributed by atoms with Gasteiger partial charge in [-0.1, -0.05) is 188 Å². The van der Waals surface area contributed by atoms with Crippen molar-refractivity contribution in [1.29, 1.82) is 0 Å². The molecule has 0 saturated carbocycles. The third kappa shape index (κ3) is 5.65. The van der Waals surface area contributed by atoms with Crippen molar-refractivity contribution < 1.29 is 0 Å². The number of nitrogens with zero attached hydrogens (tertiary/aromatic N) is 1. The standard InChI is InChI=1S/C50H35N/c1-3-16-37(17-4-1)44-25-9-11-30-48(44)51(41-34-32-39(33-35-41)43-27-13-21-36-20-7-8-24-42(36)43)49-31-12-10-26-46(49)47-29-15-23-40-22-14-28-45(50(40)47)38-18-5-2-6-19-38/h1-35H. The van der Waals surface area contributed by atoms with Crippen molar-refractivity contribution in [1.82, 2.24) is 0 Å². The van der Waals surface area contributed by atoms with Crippen LogP contribution in [-0.2, 0) is 0 Å². The van der Waals surface area contributed by atoms with Gasteiger partial charge in [0.25, 0.3) is 0 Å². The fourth-order valence-corrected chi connectivity index (χ4v) is 7.53. The Bertz CT molecular complexity index is 2610. The zero-order valence-electron chi connectivity index (χ0n) is 28.2. The quantitative estimate of drug-likeness (QED) is 0.166. The third-order valence-corrected chi connectivity index (χ3v) is 9.88. The Kier molecular flexibility index (Phi) is 7.92. The molecule has 0 fully saturated rings. The fraction of sp³-hybridized carbons (Fsp3) is 0. The second-order valence-corrected chi connectivity index (χ2v) is 12.9. The summed E-state index contributed by atoms with van der Waals surface area (Å²) in [5.41, 5.74) is 12.9. The summed E-state index contributed by atoms with van der Waals surface area (Å²) in [6, 6.07) is 76.6. The number of hydrogen-bond donors (Lipinski definition) is 0. The summed E-state index contributed by atoms with van der Waals surface area (Å²) in [5.74, 6) is 0. The second-order valence-electron chi connectivity index (χ2n) is 12.9. The van der Waals surface area contributed by atoms with Gasteiger partial charge in [-0.05, 0) is 79.2 Å². The predicted molar refractivity (Wildman–Crippen MR) is 218 cm³/mol. The maximum Gasteiger partial charge on any atom is 0.0540 e. The molecule has 0 saturated heterocycles. The van der Waals surface area contributed by atoms with E-state index in [0.29, 0.717) is 0 Å². The minimum absolute atomic E-state index is 1.10. The minimum atomic E-state index is 1.10. The second kappa shape index (κ2) is 13.3. The summed E-state index contributed by atoms with van der Waals surface area (Å²) in [5, 5.41) is 4.98. The molecule has 9 rings (SSSR count). The molecule has 0 N–H and O–H groups in total. The van der Waals surface area contributed by atoms with E-state index in [0.717, 1.165) is 17.1 Å². The lowest BCUT2D eigenvalue weighted by Crippen LogP contribution is -2.12. The van der Waals surface area contributed by atoms with Gasteiger partial charge in [0.2, 0.25) is 0 Å². The normalized spacial score (nSPS) is 11.1. The summed E-state index contributed by atoms with van der Waals surface area (Å²) >= 11 is 0. The van der Waals surface area contributed by atoms with Crippen LogP contribution in [0.1, 0.15) is 0 Å². The highest BCUT2D eigenvalue weighted by molar-refractivity contribution is 6.09. The average molecular weight is 650 g/mol. The average Bonchev–Trinajstić information content (AvgIpc) is 3.22. The van der Waals surface area contributed by atoms with Gasteiger partial charge < -0.3 is 4.90 Å². The monoisotopic (exact) mass is 649 g/mol. The molecule has 0 heterocycles. The van der Waals surface area contributed by atoms with Gasteiger partial charge in [0.1, 0.15) is 0 Å². The largest absolute Gasteiger partial charge is 0.309 e. The molecule has 0 spiro atoms. The number of hydrogen-bond acceptors (Lipinski definition) is 1. The van der Waals surface area contributed by atoms with Crippen LogP contribution in [0.4, 0.5) is 17.1 Å². The lowest BCUT2D eigenvalue weighted by molar-refractivity contribution is 1.28. The van der Waals surface area contributed by atoms with E-state index in [9.17, 15) is 0 Å². The van der Waals surface area contributed by atoms with Crippen molar-refractivity contribution in [3.63, 3.8) is 0 Å². The Labute approximate surface area is 299 Å². The molecule has 0 aliphatic carbocycles. The van der Waals surface area contributed by atoms with E-state index in [4.69, 9.17) is 0 Å². The molecule has 0 bridgehead atoms. The van der Waals surface area contributed by atoms with Gasteiger partial charge in [-0.2, -0.15) is 0 Å². The molecule has 240 valence electrons. The van der Waals surface area contributed by atoms with Crippen LogP contribution >= 0.6 is 0 Å². The Hall–Kier alpha value is -6.70. The van der Waals surface area contributed by atoms with E-state index < -0.39 is 0 Å². The number of fused-ring (bicyclic) bond motifs is 2. The molecule has 0 aliphatic rings. The number of benzene rings is 9. The maximum atomic E-state index is 2.44. The van der Waals surface area contributed by atoms with Crippen molar-refractivity contribution in [3.05, 3.63) is 212 Å². The first-order chi connectivity index (χ1) is 25.3. The van der Waals surface area contributed by atoms with Crippen LogP contribution in [0.15, 0.2) is 212 Å². The first kappa shape index (κ1) is 30.4. The number of rotatable bonds is 7. The molecule has 0 aliphatic heterocycles. The molecular weight excluding hydrogens is 615 g/mol. The molecule has 0 radical (unpaired) electrons. The zero-order valence-corrected chi connectivity index (χ0v) is 28.2. The Morgan fingerprint density at radius 2 is 0.706 bits per heavy atom. The van der Waals surface area contributed by atoms with Crippen molar-refractivity contribution in [2.75, 3.05) is 4.90 Å². The van der Waals surface area contributed by atoms with Crippen LogP contribution in [0, 0.1) is 0 Å². The third-order valence-electron chi connectivity index (χ3n) is 9.88. The van der Waals surface area contributed by atoms with E-state index >= 15 is 0 Å². The van der Waals surface area contributed by atoms with Crippen molar-refractivity contribution in [3.8, 4) is 44.5 Å². The van der Waals surface area contributed by atoms with Crippen molar-refractivity contribution in [2.24, 2.45) is 0 Å². The fourth-order valence-electron chi connectivity index (χ4n) is 7.53. The molecule has 51 heavy (non-hydrogen) atoms. The molecule has 0 unspecified atom stereocenters. The van der Waals surface area contributed by atoms with Crippen LogP contribution in [0.3, 0.4) is 0 Å². The summed E-state index contributed by atoms with van der Waals surface area (Å²) in [7, 11) is 0. The first-order valence-electron chi connectivity index (χ1n) is 17.5. The highest BCUT2D eigenvalue weighted by atomic mass is 15.1. The lowest BCUT2D eigenvalue weighted by Gasteiger charge is -2.30. The SMILES string of the molecule is c1ccc(-c2ccccc2N(c2ccc(-c3cccc4ccccc34)cc2)c2ccccc2-c2cccc3cccc(-c4ccccc4)c23)cc1. The maximum absolute atomic E-state index is 2.44. The molecule has 0 amide bonds. The Balaban J connectivity index is 1.28. The molecule has 0 atom stereocenters. The lowest BCUT2D eigenvalue weighted by atomic mass is 9.90. The molecule has 0 aromatic heterocycles. The summed E-state index contributed by atoms with van der Waals surface area (Å²) in [6.07, 6.45) is 0. The summed E-state index contributed by atoms with van der Waals surface area (Å²) in [4.78, 5) is 2.44. The van der Waals surface area contributed by atoms with Gasteiger partial charge in [-0.3, -0.25) is 0 Å². The van der Waals surface area contributed by atoms with Gasteiger partial charge in [-0.15, -0.1) is 0 Å². The van der Waals surface area contributed by atoms with Crippen LogP contribution < -0.4 is 4.90 Å². The summed E-state index contributed by atoms with van der Waals surface area (Å²) < 4.78 is 0. The van der Waals surface area contributed by atoms with E-state index in [-0.39, 0.29) is 0 Å². The predicted octanol–water partition coefficient (Wildman–Crippen LogP) is 14.1. The summed E-state index contributed by atoms with van der Waals surface area (Å²) in [6.45, 7) is 0. The molecule has 9 aromatic carbocycles. The van der Waals surface area contributed by atoms with Crippen LogP contribution in [0.5, 0.6) is 0 Å².